The van der Waals surface area contributed by atoms with Crippen molar-refractivity contribution in [2.45, 2.75) is 6.29 Å². The molecule has 84 valence electrons. The van der Waals surface area contributed by atoms with Gasteiger partial charge in [0, 0.05) is 5.02 Å². The molecule has 0 radical (unpaired) electrons. The molecule has 16 heavy (non-hydrogen) atoms. The zero-order chi connectivity index (χ0) is 11.7. The maximum absolute atomic E-state index is 8.81. The third-order valence-corrected chi connectivity index (χ3v) is 2.38. The molecule has 2 N–H and O–H groups in total. The molecule has 0 fully saturated rings. The minimum Gasteiger partial charge on any atom is -0.362 e. The molecule has 2 aromatic rings. The van der Waals surface area contributed by atoms with Gasteiger partial charge in [-0.3, -0.25) is 0 Å². The Morgan fingerprint density at radius 1 is 1.25 bits per heavy atom. The van der Waals surface area contributed by atoms with Gasteiger partial charge in [0.05, 0.1) is 10.6 Å². The fourth-order valence-corrected chi connectivity index (χ4v) is 1.60. The van der Waals surface area contributed by atoms with Crippen molar-refractivity contribution in [1.82, 2.24) is 10.1 Å². The van der Waals surface area contributed by atoms with Gasteiger partial charge in [-0.1, -0.05) is 28.4 Å². The van der Waals surface area contributed by atoms with Crippen LogP contribution in [0.1, 0.15) is 12.1 Å². The average molecular weight is 261 g/mol. The van der Waals surface area contributed by atoms with Gasteiger partial charge in [0.15, 0.2) is 0 Å². The normalized spacial score (nSPS) is 11.1. The highest BCUT2D eigenvalue weighted by atomic mass is 35.5. The Morgan fingerprint density at radius 2 is 2.00 bits per heavy atom. The molecular weight excluding hydrogens is 255 g/mol. The molecule has 0 atom stereocenters. The molecule has 2 rings (SSSR count). The first-order chi connectivity index (χ1) is 7.58. The SMILES string of the molecule is OC(O)c1noc(-c2ccc(Cl)cc2Cl)n1. The highest BCUT2D eigenvalue weighted by Crippen LogP contribution is 2.29. The van der Waals surface area contributed by atoms with E-state index in [-0.39, 0.29) is 11.7 Å². The molecule has 1 heterocycles. The summed E-state index contributed by atoms with van der Waals surface area (Å²) in [5, 5.41) is 21.8. The summed E-state index contributed by atoms with van der Waals surface area (Å²) in [4.78, 5) is 3.77. The number of aliphatic hydroxyl groups excluding tert-OH is 1. The molecule has 7 heteroatoms. The molecule has 0 saturated carbocycles. The van der Waals surface area contributed by atoms with Crippen molar-refractivity contribution in [3.63, 3.8) is 0 Å². The predicted molar refractivity (Wildman–Crippen MR) is 56.9 cm³/mol. The van der Waals surface area contributed by atoms with E-state index in [1.807, 2.05) is 0 Å². The van der Waals surface area contributed by atoms with Crippen LogP contribution in [-0.2, 0) is 0 Å². The Kier molecular flexibility index (Phi) is 3.11. The number of aliphatic hydroxyl groups is 2. The highest BCUT2D eigenvalue weighted by molar-refractivity contribution is 6.36. The van der Waals surface area contributed by atoms with Crippen molar-refractivity contribution in [3.8, 4) is 11.5 Å². The number of halogens is 2. The van der Waals surface area contributed by atoms with Crippen molar-refractivity contribution in [2.75, 3.05) is 0 Å². The molecule has 0 spiro atoms. The minimum absolute atomic E-state index is 0.102. The molecule has 0 aliphatic rings. The largest absolute Gasteiger partial charge is 0.362 e. The second-order valence-corrected chi connectivity index (χ2v) is 3.80. The maximum Gasteiger partial charge on any atom is 0.259 e. The van der Waals surface area contributed by atoms with Crippen molar-refractivity contribution >= 4 is 23.2 Å². The molecule has 1 aromatic heterocycles. The lowest BCUT2D eigenvalue weighted by Gasteiger charge is -1.98. The average Bonchev–Trinajstić information content (AvgIpc) is 2.66. The third-order valence-electron chi connectivity index (χ3n) is 1.83. The summed E-state index contributed by atoms with van der Waals surface area (Å²) < 4.78 is 4.82. The summed E-state index contributed by atoms with van der Waals surface area (Å²) in [6.45, 7) is 0. The number of hydrogen-bond acceptors (Lipinski definition) is 5. The Balaban J connectivity index is 2.42. The van der Waals surface area contributed by atoms with E-state index in [0.29, 0.717) is 15.6 Å². The van der Waals surface area contributed by atoms with Crippen molar-refractivity contribution in [1.29, 1.82) is 0 Å². The molecule has 0 amide bonds. The number of nitrogens with zero attached hydrogens (tertiary/aromatic N) is 2. The van der Waals surface area contributed by atoms with E-state index in [9.17, 15) is 0 Å². The zero-order valence-electron chi connectivity index (χ0n) is 7.76. The maximum atomic E-state index is 8.81. The van der Waals surface area contributed by atoms with E-state index in [4.69, 9.17) is 37.9 Å². The lowest BCUT2D eigenvalue weighted by atomic mass is 10.2. The summed E-state index contributed by atoms with van der Waals surface area (Å²) in [5.74, 6) is -0.120. The second kappa shape index (κ2) is 4.39. The summed E-state index contributed by atoms with van der Waals surface area (Å²) in [5.41, 5.74) is 0.477. The van der Waals surface area contributed by atoms with E-state index in [2.05, 4.69) is 10.1 Å². The zero-order valence-corrected chi connectivity index (χ0v) is 9.27. The van der Waals surface area contributed by atoms with Crippen LogP contribution in [0.25, 0.3) is 11.5 Å². The van der Waals surface area contributed by atoms with Gasteiger partial charge in [-0.15, -0.1) is 0 Å². The topological polar surface area (TPSA) is 79.4 Å². The van der Waals surface area contributed by atoms with Crippen molar-refractivity contribution in [3.05, 3.63) is 34.1 Å². The van der Waals surface area contributed by atoms with Gasteiger partial charge in [-0.2, -0.15) is 4.98 Å². The minimum atomic E-state index is -1.77. The molecule has 0 unspecified atom stereocenters. The molecule has 5 nitrogen and oxygen atoms in total. The van der Waals surface area contributed by atoms with Crippen LogP contribution in [-0.4, -0.2) is 20.4 Å². The summed E-state index contributed by atoms with van der Waals surface area (Å²) >= 11 is 11.6. The van der Waals surface area contributed by atoms with Crippen LogP contribution in [0.5, 0.6) is 0 Å². The van der Waals surface area contributed by atoms with E-state index in [1.165, 1.54) is 6.07 Å². The fraction of sp³-hybridized carbons (Fsp3) is 0.111. The quantitative estimate of drug-likeness (QED) is 0.808. The second-order valence-electron chi connectivity index (χ2n) is 2.96. The third kappa shape index (κ3) is 2.17. The fourth-order valence-electron chi connectivity index (χ4n) is 1.11. The van der Waals surface area contributed by atoms with Gasteiger partial charge in [0.2, 0.25) is 12.1 Å². The lowest BCUT2D eigenvalue weighted by molar-refractivity contribution is -0.0506. The summed E-state index contributed by atoms with van der Waals surface area (Å²) in [7, 11) is 0. The van der Waals surface area contributed by atoms with Crippen molar-refractivity contribution in [2.24, 2.45) is 0 Å². The molecule has 0 aliphatic heterocycles. The monoisotopic (exact) mass is 260 g/mol. The van der Waals surface area contributed by atoms with Crippen LogP contribution < -0.4 is 0 Å². The summed E-state index contributed by atoms with van der Waals surface area (Å²) in [6, 6.07) is 4.74. The van der Waals surface area contributed by atoms with Gasteiger partial charge in [0.1, 0.15) is 0 Å². The van der Waals surface area contributed by atoms with Gasteiger partial charge < -0.3 is 14.7 Å². The van der Waals surface area contributed by atoms with Gasteiger partial charge in [0.25, 0.3) is 5.89 Å². The van der Waals surface area contributed by atoms with Gasteiger partial charge in [-0.25, -0.2) is 0 Å². The van der Waals surface area contributed by atoms with Crippen LogP contribution >= 0.6 is 23.2 Å². The lowest BCUT2D eigenvalue weighted by Crippen LogP contribution is -1.96. The van der Waals surface area contributed by atoms with E-state index >= 15 is 0 Å². The number of benzene rings is 1. The van der Waals surface area contributed by atoms with Crippen molar-refractivity contribution < 1.29 is 14.7 Å². The van der Waals surface area contributed by atoms with E-state index in [0.717, 1.165) is 0 Å². The van der Waals surface area contributed by atoms with Crippen LogP contribution in [0.3, 0.4) is 0 Å². The number of rotatable bonds is 2. The Morgan fingerprint density at radius 3 is 2.56 bits per heavy atom. The molecule has 0 bridgehead atoms. The van der Waals surface area contributed by atoms with Crippen LogP contribution in [0.4, 0.5) is 0 Å². The first-order valence-corrected chi connectivity index (χ1v) is 4.98. The highest BCUT2D eigenvalue weighted by Gasteiger charge is 2.15. The summed E-state index contributed by atoms with van der Waals surface area (Å²) in [6.07, 6.45) is -1.77. The Bertz CT molecular complexity index is 513. The first-order valence-electron chi connectivity index (χ1n) is 4.23. The number of aromatic nitrogens is 2. The van der Waals surface area contributed by atoms with Gasteiger partial charge >= 0.3 is 0 Å². The standard InChI is InChI=1S/C9H6Cl2N2O3/c10-4-1-2-5(6(11)3-4)8-12-7(9(14)15)13-16-8/h1-3,9,14-15H. The van der Waals surface area contributed by atoms with Crippen LogP contribution in [0, 0.1) is 0 Å². The Labute approximate surface area is 100 Å². The van der Waals surface area contributed by atoms with Gasteiger partial charge in [-0.05, 0) is 18.2 Å². The molecular formula is C9H6Cl2N2O3. The first kappa shape index (κ1) is 11.3. The predicted octanol–water partition coefficient (Wildman–Crippen LogP) is 2.03. The number of hydrogen-bond donors (Lipinski definition) is 2. The van der Waals surface area contributed by atoms with Crippen LogP contribution in [0.15, 0.2) is 22.7 Å². The smallest absolute Gasteiger partial charge is 0.259 e. The van der Waals surface area contributed by atoms with Crippen LogP contribution in [0.2, 0.25) is 10.0 Å². The van der Waals surface area contributed by atoms with E-state index in [1.54, 1.807) is 12.1 Å². The molecule has 0 saturated heterocycles. The molecule has 0 aliphatic carbocycles. The molecule has 1 aromatic carbocycles. The Hall–Kier alpha value is -1.14. The van der Waals surface area contributed by atoms with E-state index < -0.39 is 6.29 Å².